The molecule has 0 aliphatic rings. The molecule has 3 nitrogen and oxygen atoms in total. The Kier molecular flexibility index (Phi) is 9.49. The van der Waals surface area contributed by atoms with E-state index in [4.69, 9.17) is 5.11 Å². The second kappa shape index (κ2) is 8.71. The third-order valence-electron chi connectivity index (χ3n) is 0.814. The number of hydrogen-bond donors (Lipinski definition) is 1. The lowest BCUT2D eigenvalue weighted by Gasteiger charge is -1.79. The molecule has 0 unspecified atom stereocenters. The predicted molar refractivity (Wildman–Crippen MR) is 52.6 cm³/mol. The zero-order valence-electron chi connectivity index (χ0n) is 8.50. The van der Waals surface area contributed by atoms with Gasteiger partial charge in [0.25, 0.3) is 0 Å². The van der Waals surface area contributed by atoms with Crippen LogP contribution in [0.25, 0.3) is 0 Å². The minimum absolute atomic E-state index is 0.787. The van der Waals surface area contributed by atoms with E-state index in [0.29, 0.717) is 0 Å². The van der Waals surface area contributed by atoms with Gasteiger partial charge in [-0.1, -0.05) is 11.1 Å². The molecule has 0 aliphatic carbocycles. The van der Waals surface area contributed by atoms with E-state index in [-0.39, 0.29) is 0 Å². The summed E-state index contributed by atoms with van der Waals surface area (Å²) in [5.74, 6) is -0.875. The molecule has 0 rings (SSSR count). The number of rotatable bonds is 2. The first-order valence-electron chi connectivity index (χ1n) is 3.86. The highest BCUT2D eigenvalue weighted by atomic mass is 16.4. The molecule has 0 spiro atoms. The Labute approximate surface area is 78.8 Å². The maximum absolute atomic E-state index is 9.73. The van der Waals surface area contributed by atoms with Gasteiger partial charge in [-0.25, -0.2) is 4.79 Å². The summed E-state index contributed by atoms with van der Waals surface area (Å²) in [7, 11) is 0. The van der Waals surface area contributed by atoms with Gasteiger partial charge in [-0.15, -0.1) is 0 Å². The van der Waals surface area contributed by atoms with Gasteiger partial charge in [-0.05, 0) is 33.8 Å². The molecule has 0 aromatic carbocycles. The van der Waals surface area contributed by atoms with Gasteiger partial charge in [0.05, 0.1) is 0 Å². The largest absolute Gasteiger partial charge is 0.478 e. The molecular weight excluding hydrogens is 168 g/mol. The number of allylic oxidation sites excluding steroid dienone is 3. The van der Waals surface area contributed by atoms with Crippen molar-refractivity contribution in [3.8, 4) is 0 Å². The van der Waals surface area contributed by atoms with Crippen LogP contribution in [0.3, 0.4) is 0 Å². The molecule has 0 heterocycles. The number of aldehydes is 1. The zero-order valence-corrected chi connectivity index (χ0v) is 8.50. The molecule has 0 atom stereocenters. The van der Waals surface area contributed by atoms with Crippen LogP contribution in [-0.4, -0.2) is 17.4 Å². The van der Waals surface area contributed by atoms with E-state index in [1.165, 1.54) is 12.2 Å². The van der Waals surface area contributed by atoms with Crippen molar-refractivity contribution in [3.63, 3.8) is 0 Å². The van der Waals surface area contributed by atoms with E-state index in [9.17, 15) is 9.59 Å². The van der Waals surface area contributed by atoms with Gasteiger partial charge in [0.2, 0.25) is 0 Å². The molecule has 13 heavy (non-hydrogen) atoms. The fraction of sp³-hybridized carbons (Fsp3) is 0.400. The van der Waals surface area contributed by atoms with Crippen molar-refractivity contribution in [1.82, 2.24) is 0 Å². The first kappa shape index (κ1) is 14.2. The van der Waals surface area contributed by atoms with Gasteiger partial charge >= 0.3 is 5.97 Å². The van der Waals surface area contributed by atoms with Crippen molar-refractivity contribution in [2.45, 2.75) is 27.7 Å². The van der Waals surface area contributed by atoms with Crippen LogP contribution in [0.5, 0.6) is 0 Å². The molecule has 0 radical (unpaired) electrons. The monoisotopic (exact) mass is 184 g/mol. The van der Waals surface area contributed by atoms with Crippen LogP contribution in [-0.2, 0) is 9.59 Å². The third-order valence-corrected chi connectivity index (χ3v) is 0.814. The van der Waals surface area contributed by atoms with Crippen molar-refractivity contribution >= 4 is 12.3 Å². The number of carbonyl (C=O) groups excluding carboxylic acids is 1. The molecular formula is C10H16O3. The lowest BCUT2D eigenvalue weighted by Crippen LogP contribution is -1.86. The Balaban J connectivity index is 0. The van der Waals surface area contributed by atoms with Crippen LogP contribution >= 0.6 is 0 Å². The summed E-state index contributed by atoms with van der Waals surface area (Å²) in [5.41, 5.74) is 1.86. The summed E-state index contributed by atoms with van der Waals surface area (Å²) in [6.45, 7) is 7.25. The van der Waals surface area contributed by atoms with Crippen molar-refractivity contribution in [3.05, 3.63) is 23.3 Å². The number of aliphatic carboxylic acids is 1. The predicted octanol–water partition coefficient (Wildman–Crippen LogP) is 2.19. The summed E-state index contributed by atoms with van der Waals surface area (Å²) in [6.07, 6.45) is 3.48. The van der Waals surface area contributed by atoms with Gasteiger partial charge in [0.15, 0.2) is 0 Å². The standard InChI is InChI=1S/C5H8O2.C5H8O/c1-4(2)3-5(6)7;1-5(2)3-4-6/h3H,1-2H3,(H,6,7);3-4H,1-2H3. The first-order valence-corrected chi connectivity index (χ1v) is 3.86. The van der Waals surface area contributed by atoms with E-state index < -0.39 is 5.97 Å². The smallest absolute Gasteiger partial charge is 0.328 e. The summed E-state index contributed by atoms with van der Waals surface area (Å²) in [6, 6.07) is 0. The molecule has 0 aromatic heterocycles. The molecule has 0 fully saturated rings. The van der Waals surface area contributed by atoms with E-state index >= 15 is 0 Å². The molecule has 0 bridgehead atoms. The minimum Gasteiger partial charge on any atom is -0.478 e. The second-order valence-electron chi connectivity index (χ2n) is 2.94. The lowest BCUT2D eigenvalue weighted by molar-refractivity contribution is -0.131. The van der Waals surface area contributed by atoms with Crippen LogP contribution < -0.4 is 0 Å². The van der Waals surface area contributed by atoms with Crippen LogP contribution in [0.2, 0.25) is 0 Å². The third kappa shape index (κ3) is 25.0. The highest BCUT2D eigenvalue weighted by Gasteiger charge is 1.83. The van der Waals surface area contributed by atoms with Crippen molar-refractivity contribution in [2.75, 3.05) is 0 Å². The molecule has 0 saturated heterocycles. The van der Waals surface area contributed by atoms with Gasteiger partial charge in [-0.2, -0.15) is 0 Å². The molecule has 0 aliphatic heterocycles. The topological polar surface area (TPSA) is 54.4 Å². The second-order valence-corrected chi connectivity index (χ2v) is 2.94. The number of carboxylic acids is 1. The molecule has 3 heteroatoms. The summed E-state index contributed by atoms with van der Waals surface area (Å²) in [5, 5.41) is 8.01. The lowest BCUT2D eigenvalue weighted by atomic mass is 10.3. The average Bonchev–Trinajstić information content (AvgIpc) is 1.83. The van der Waals surface area contributed by atoms with Crippen molar-refractivity contribution < 1.29 is 14.7 Å². The van der Waals surface area contributed by atoms with Crippen LogP contribution in [0.15, 0.2) is 23.3 Å². The van der Waals surface area contributed by atoms with Gasteiger partial charge < -0.3 is 5.11 Å². The Morgan fingerprint density at radius 1 is 1.08 bits per heavy atom. The van der Waals surface area contributed by atoms with Gasteiger partial charge in [-0.3, -0.25) is 4.79 Å². The maximum atomic E-state index is 9.73. The van der Waals surface area contributed by atoms with Crippen molar-refractivity contribution in [2.24, 2.45) is 0 Å². The summed E-state index contributed by atoms with van der Waals surface area (Å²) >= 11 is 0. The zero-order chi connectivity index (χ0) is 10.9. The maximum Gasteiger partial charge on any atom is 0.328 e. The van der Waals surface area contributed by atoms with E-state index in [2.05, 4.69) is 0 Å². The fourth-order valence-corrected chi connectivity index (χ4v) is 0.383. The van der Waals surface area contributed by atoms with Gasteiger partial charge in [0.1, 0.15) is 6.29 Å². The Bertz CT molecular complexity index is 216. The number of hydrogen-bond acceptors (Lipinski definition) is 2. The average molecular weight is 184 g/mol. The molecule has 74 valence electrons. The highest BCUT2D eigenvalue weighted by molar-refractivity contribution is 5.80. The highest BCUT2D eigenvalue weighted by Crippen LogP contribution is 1.85. The first-order chi connectivity index (χ1) is 5.90. The van der Waals surface area contributed by atoms with E-state index in [1.54, 1.807) is 13.8 Å². The Morgan fingerprint density at radius 2 is 1.54 bits per heavy atom. The van der Waals surface area contributed by atoms with Crippen LogP contribution in [0, 0.1) is 0 Å². The van der Waals surface area contributed by atoms with Crippen molar-refractivity contribution in [1.29, 1.82) is 0 Å². The normalized spacial score (nSPS) is 7.38. The van der Waals surface area contributed by atoms with E-state index in [0.717, 1.165) is 17.4 Å². The SMILES string of the molecule is CC(C)=CC(=O)O.CC(C)=CC=O. The van der Waals surface area contributed by atoms with Gasteiger partial charge in [0, 0.05) is 6.08 Å². The van der Waals surface area contributed by atoms with Crippen LogP contribution in [0.4, 0.5) is 0 Å². The molecule has 0 saturated carbocycles. The molecule has 1 N–H and O–H groups in total. The van der Waals surface area contributed by atoms with E-state index in [1.807, 2.05) is 13.8 Å². The summed E-state index contributed by atoms with van der Waals surface area (Å²) < 4.78 is 0. The Hall–Kier alpha value is -1.38. The minimum atomic E-state index is -0.875. The number of carboxylic acid groups (broad SMARTS) is 1. The quantitative estimate of drug-likeness (QED) is 0.528. The Morgan fingerprint density at radius 3 is 1.54 bits per heavy atom. The van der Waals surface area contributed by atoms with Crippen LogP contribution in [0.1, 0.15) is 27.7 Å². The molecule has 0 aromatic rings. The number of carbonyl (C=O) groups is 2. The fourth-order valence-electron chi connectivity index (χ4n) is 0.383. The molecule has 0 amide bonds. The summed E-state index contributed by atoms with van der Waals surface area (Å²) in [4.78, 5) is 19.3.